The average molecular weight is 229 g/mol. The van der Waals surface area contributed by atoms with Crippen molar-refractivity contribution in [2.45, 2.75) is 25.8 Å². The molecule has 0 aromatic rings. The molecule has 0 aliphatic carbocycles. The van der Waals surface area contributed by atoms with Gasteiger partial charge in [-0.05, 0) is 19.8 Å². The van der Waals surface area contributed by atoms with Crippen LogP contribution in [0.5, 0.6) is 0 Å². The van der Waals surface area contributed by atoms with Gasteiger partial charge in [0.2, 0.25) is 5.91 Å². The summed E-state index contributed by atoms with van der Waals surface area (Å²) in [6.45, 7) is 1.85. The summed E-state index contributed by atoms with van der Waals surface area (Å²) in [6.07, 6.45) is 1.09. The van der Waals surface area contributed by atoms with Crippen molar-refractivity contribution in [3.63, 3.8) is 0 Å². The van der Waals surface area contributed by atoms with E-state index in [-0.39, 0.29) is 24.2 Å². The molecule has 0 saturated heterocycles. The highest BCUT2D eigenvalue weighted by Gasteiger charge is 2.12. The van der Waals surface area contributed by atoms with Crippen LogP contribution in [0.25, 0.3) is 0 Å². The number of hydrogen-bond donors (Lipinski definition) is 4. The van der Waals surface area contributed by atoms with Crippen molar-refractivity contribution in [1.29, 1.82) is 0 Å². The molecule has 0 aliphatic rings. The number of amides is 1. The molecule has 0 radical (unpaired) electrons. The Labute approximate surface area is 94.4 Å². The van der Waals surface area contributed by atoms with Crippen LogP contribution in [0.2, 0.25) is 0 Å². The molecular weight excluding hydrogens is 210 g/mol. The molecule has 1 unspecified atom stereocenters. The van der Waals surface area contributed by atoms with Gasteiger partial charge in [0.25, 0.3) is 0 Å². The monoisotopic (exact) mass is 229 g/mol. The quantitative estimate of drug-likeness (QED) is 0.229. The van der Waals surface area contributed by atoms with Crippen LogP contribution in [0.15, 0.2) is 4.99 Å². The summed E-state index contributed by atoms with van der Waals surface area (Å²) >= 11 is 0. The fourth-order valence-electron chi connectivity index (χ4n) is 0.993. The number of nitrogens with one attached hydrogen (secondary N) is 1. The number of ketones is 1. The van der Waals surface area contributed by atoms with E-state index in [0.29, 0.717) is 19.4 Å². The highest BCUT2D eigenvalue weighted by molar-refractivity contribution is 5.87. The summed E-state index contributed by atoms with van der Waals surface area (Å²) in [7, 11) is 0. The fourth-order valence-corrected chi connectivity index (χ4v) is 0.993. The topological polar surface area (TPSA) is 137 Å². The zero-order chi connectivity index (χ0) is 12.6. The minimum absolute atomic E-state index is 0.0143. The molecule has 0 saturated carbocycles. The maximum atomic E-state index is 11.3. The van der Waals surface area contributed by atoms with Crippen molar-refractivity contribution in [2.75, 3.05) is 13.1 Å². The second-order valence-corrected chi connectivity index (χ2v) is 3.48. The van der Waals surface area contributed by atoms with E-state index >= 15 is 0 Å². The lowest BCUT2D eigenvalue weighted by Crippen LogP contribution is -2.42. The van der Waals surface area contributed by atoms with E-state index in [1.807, 2.05) is 0 Å². The van der Waals surface area contributed by atoms with E-state index in [4.69, 9.17) is 17.2 Å². The molecule has 0 fully saturated rings. The van der Waals surface area contributed by atoms with Crippen molar-refractivity contribution in [3.05, 3.63) is 0 Å². The Morgan fingerprint density at radius 3 is 2.50 bits per heavy atom. The maximum absolute atomic E-state index is 11.3. The fraction of sp³-hybridized carbons (Fsp3) is 0.667. The first-order chi connectivity index (χ1) is 7.43. The van der Waals surface area contributed by atoms with Gasteiger partial charge in [-0.3, -0.25) is 14.6 Å². The van der Waals surface area contributed by atoms with Crippen LogP contribution in [0.4, 0.5) is 0 Å². The Morgan fingerprint density at radius 2 is 2.00 bits per heavy atom. The Morgan fingerprint density at radius 1 is 1.38 bits per heavy atom. The second-order valence-electron chi connectivity index (χ2n) is 3.48. The number of guanidine groups is 1. The first-order valence-corrected chi connectivity index (χ1v) is 5.01. The predicted molar refractivity (Wildman–Crippen MR) is 61.6 cm³/mol. The van der Waals surface area contributed by atoms with Gasteiger partial charge < -0.3 is 22.5 Å². The molecule has 7 N–H and O–H groups in total. The van der Waals surface area contributed by atoms with Gasteiger partial charge in [0.15, 0.2) is 5.96 Å². The van der Waals surface area contributed by atoms with Crippen LogP contribution < -0.4 is 22.5 Å². The molecule has 92 valence electrons. The van der Waals surface area contributed by atoms with Crippen molar-refractivity contribution < 1.29 is 9.59 Å². The third kappa shape index (κ3) is 7.74. The molecule has 0 rings (SSSR count). The Bertz CT molecular complexity index is 273. The maximum Gasteiger partial charge on any atom is 0.237 e. The SMILES string of the molecule is CC(=O)CNC(=O)C(N)CCCN=C(N)N. The first-order valence-electron chi connectivity index (χ1n) is 5.01. The predicted octanol–water partition coefficient (Wildman–Crippen LogP) is -1.93. The number of hydrogen-bond acceptors (Lipinski definition) is 4. The number of carbonyl (C=O) groups is 2. The number of aliphatic imine (C=N–C) groups is 1. The zero-order valence-corrected chi connectivity index (χ0v) is 9.40. The normalized spacial score (nSPS) is 11.6. The van der Waals surface area contributed by atoms with Crippen LogP contribution >= 0.6 is 0 Å². The lowest BCUT2D eigenvalue weighted by atomic mass is 10.1. The summed E-state index contributed by atoms with van der Waals surface area (Å²) in [5.41, 5.74) is 15.8. The van der Waals surface area contributed by atoms with Gasteiger partial charge in [0, 0.05) is 6.54 Å². The molecule has 0 aliphatic heterocycles. The minimum Gasteiger partial charge on any atom is -0.370 e. The van der Waals surface area contributed by atoms with Crippen LogP contribution in [0, 0.1) is 0 Å². The van der Waals surface area contributed by atoms with Gasteiger partial charge in [0.05, 0.1) is 12.6 Å². The van der Waals surface area contributed by atoms with Gasteiger partial charge in [-0.25, -0.2) is 0 Å². The molecule has 1 atom stereocenters. The van der Waals surface area contributed by atoms with Crippen LogP contribution in [0.3, 0.4) is 0 Å². The van der Waals surface area contributed by atoms with E-state index in [2.05, 4.69) is 10.3 Å². The van der Waals surface area contributed by atoms with Crippen LogP contribution in [-0.4, -0.2) is 36.8 Å². The van der Waals surface area contributed by atoms with Crippen molar-refractivity contribution in [1.82, 2.24) is 5.32 Å². The summed E-state index contributed by atoms with van der Waals surface area (Å²) in [5, 5.41) is 2.43. The largest absolute Gasteiger partial charge is 0.370 e. The van der Waals surface area contributed by atoms with E-state index in [9.17, 15) is 9.59 Å². The molecule has 7 nitrogen and oxygen atoms in total. The third-order valence-electron chi connectivity index (χ3n) is 1.82. The Hall–Kier alpha value is -1.63. The molecule has 0 bridgehead atoms. The number of rotatable bonds is 7. The molecule has 0 aromatic carbocycles. The average Bonchev–Trinajstić information content (AvgIpc) is 2.20. The molecule has 0 spiro atoms. The van der Waals surface area contributed by atoms with Gasteiger partial charge >= 0.3 is 0 Å². The highest BCUT2D eigenvalue weighted by Crippen LogP contribution is 1.95. The number of nitrogens with zero attached hydrogens (tertiary/aromatic N) is 1. The molecule has 1 amide bonds. The Kier molecular flexibility index (Phi) is 6.86. The van der Waals surface area contributed by atoms with E-state index < -0.39 is 6.04 Å². The molecule has 0 aromatic heterocycles. The lowest BCUT2D eigenvalue weighted by molar-refractivity contribution is -0.125. The van der Waals surface area contributed by atoms with E-state index in [1.54, 1.807) is 0 Å². The summed E-state index contributed by atoms with van der Waals surface area (Å²) in [4.78, 5) is 25.7. The summed E-state index contributed by atoms with van der Waals surface area (Å²) in [5.74, 6) is -0.421. The molecular formula is C9H19N5O2. The number of Topliss-reactive ketones (excluding diaryl/α,β-unsaturated/α-hetero) is 1. The molecule has 16 heavy (non-hydrogen) atoms. The van der Waals surface area contributed by atoms with Gasteiger partial charge in [-0.2, -0.15) is 0 Å². The van der Waals surface area contributed by atoms with Crippen molar-refractivity contribution >= 4 is 17.6 Å². The van der Waals surface area contributed by atoms with Gasteiger partial charge in [-0.1, -0.05) is 0 Å². The Balaban J connectivity index is 3.71. The second kappa shape index (κ2) is 7.63. The zero-order valence-electron chi connectivity index (χ0n) is 9.40. The smallest absolute Gasteiger partial charge is 0.237 e. The van der Waals surface area contributed by atoms with E-state index in [0.717, 1.165) is 0 Å². The summed E-state index contributed by atoms with van der Waals surface area (Å²) in [6, 6.07) is -0.631. The standard InChI is InChI=1S/C9H19N5O2/c1-6(15)5-14-8(16)7(10)3-2-4-13-9(11)12/h7H,2-5,10H2,1H3,(H,14,16)(H4,11,12,13). The molecule has 7 heteroatoms. The minimum atomic E-state index is -0.631. The number of carbonyl (C=O) groups excluding carboxylic acids is 2. The van der Waals surface area contributed by atoms with Crippen molar-refractivity contribution in [3.8, 4) is 0 Å². The van der Waals surface area contributed by atoms with Gasteiger partial charge in [0.1, 0.15) is 5.78 Å². The van der Waals surface area contributed by atoms with Crippen LogP contribution in [-0.2, 0) is 9.59 Å². The third-order valence-corrected chi connectivity index (χ3v) is 1.82. The number of nitrogens with two attached hydrogens (primary N) is 3. The first kappa shape index (κ1) is 14.4. The van der Waals surface area contributed by atoms with Gasteiger partial charge in [-0.15, -0.1) is 0 Å². The van der Waals surface area contributed by atoms with Crippen LogP contribution in [0.1, 0.15) is 19.8 Å². The lowest BCUT2D eigenvalue weighted by Gasteiger charge is -2.10. The summed E-state index contributed by atoms with van der Waals surface area (Å²) < 4.78 is 0. The highest BCUT2D eigenvalue weighted by atomic mass is 16.2. The van der Waals surface area contributed by atoms with E-state index in [1.165, 1.54) is 6.92 Å². The molecule has 0 heterocycles. The van der Waals surface area contributed by atoms with Crippen molar-refractivity contribution in [2.24, 2.45) is 22.2 Å².